The Bertz CT molecular complexity index is 260. The summed E-state index contributed by atoms with van der Waals surface area (Å²) in [5, 5.41) is 3.42. The van der Waals surface area contributed by atoms with Gasteiger partial charge < -0.3 is 16.0 Å². The molecule has 1 aliphatic rings. The molecule has 1 saturated carbocycles. The van der Waals surface area contributed by atoms with Crippen LogP contribution in [-0.4, -0.2) is 42.5 Å². The monoisotopic (exact) mass is 255 g/mol. The van der Waals surface area contributed by atoms with E-state index in [1.165, 1.54) is 12.8 Å². The second-order valence-corrected chi connectivity index (χ2v) is 5.50. The summed E-state index contributed by atoms with van der Waals surface area (Å²) in [5.74, 6) is 0.209. The predicted octanol–water partition coefficient (Wildman–Crippen LogP) is 1.35. The van der Waals surface area contributed by atoms with E-state index in [9.17, 15) is 4.79 Å². The van der Waals surface area contributed by atoms with E-state index in [2.05, 4.69) is 24.1 Å². The van der Waals surface area contributed by atoms with Crippen LogP contribution in [0.25, 0.3) is 0 Å². The molecular formula is C14H29N3O. The van der Waals surface area contributed by atoms with Crippen LogP contribution in [-0.2, 0) is 4.79 Å². The van der Waals surface area contributed by atoms with E-state index >= 15 is 0 Å². The Morgan fingerprint density at radius 1 is 1.33 bits per heavy atom. The maximum atomic E-state index is 11.8. The van der Waals surface area contributed by atoms with Gasteiger partial charge in [0, 0.05) is 13.1 Å². The van der Waals surface area contributed by atoms with Crippen LogP contribution < -0.4 is 11.1 Å². The summed E-state index contributed by atoms with van der Waals surface area (Å²) in [6.07, 6.45) is 4.70. The first-order valence-electron chi connectivity index (χ1n) is 7.31. The second-order valence-electron chi connectivity index (χ2n) is 5.50. The Labute approximate surface area is 111 Å². The molecular weight excluding hydrogens is 226 g/mol. The van der Waals surface area contributed by atoms with E-state index in [1.807, 2.05) is 6.92 Å². The third-order valence-electron chi connectivity index (χ3n) is 4.50. The van der Waals surface area contributed by atoms with Crippen molar-refractivity contribution in [2.75, 3.05) is 26.2 Å². The SMILES string of the molecule is CCN(CC)CCNC(C)(C(N)=O)C1CCCC1. The topological polar surface area (TPSA) is 58.4 Å². The molecule has 4 nitrogen and oxygen atoms in total. The fraction of sp³-hybridized carbons (Fsp3) is 0.929. The van der Waals surface area contributed by atoms with E-state index in [0.29, 0.717) is 5.92 Å². The molecule has 0 heterocycles. The summed E-state index contributed by atoms with van der Waals surface area (Å²) in [6.45, 7) is 10.2. The van der Waals surface area contributed by atoms with Crippen LogP contribution >= 0.6 is 0 Å². The van der Waals surface area contributed by atoms with Gasteiger partial charge in [-0.3, -0.25) is 4.79 Å². The molecule has 1 atom stereocenters. The second kappa shape index (κ2) is 7.10. The lowest BCUT2D eigenvalue weighted by Gasteiger charge is -2.34. The van der Waals surface area contributed by atoms with Gasteiger partial charge >= 0.3 is 0 Å². The van der Waals surface area contributed by atoms with Crippen LogP contribution in [0, 0.1) is 5.92 Å². The van der Waals surface area contributed by atoms with Gasteiger partial charge in [0.2, 0.25) is 5.91 Å². The van der Waals surface area contributed by atoms with Gasteiger partial charge in [0.15, 0.2) is 0 Å². The molecule has 0 aromatic rings. The molecule has 0 aromatic carbocycles. The lowest BCUT2D eigenvalue weighted by Crippen LogP contribution is -2.58. The van der Waals surface area contributed by atoms with Crippen LogP contribution in [0.5, 0.6) is 0 Å². The van der Waals surface area contributed by atoms with E-state index in [0.717, 1.165) is 39.0 Å². The normalized spacial score (nSPS) is 20.2. The fourth-order valence-electron chi connectivity index (χ4n) is 2.95. The van der Waals surface area contributed by atoms with E-state index in [4.69, 9.17) is 5.73 Å². The first-order chi connectivity index (χ1) is 8.54. The summed E-state index contributed by atoms with van der Waals surface area (Å²) in [7, 11) is 0. The summed E-state index contributed by atoms with van der Waals surface area (Å²) in [6, 6.07) is 0. The third kappa shape index (κ3) is 3.69. The fourth-order valence-corrected chi connectivity index (χ4v) is 2.95. The van der Waals surface area contributed by atoms with Crippen molar-refractivity contribution in [3.8, 4) is 0 Å². The zero-order valence-corrected chi connectivity index (χ0v) is 12.2. The van der Waals surface area contributed by atoms with E-state index in [1.54, 1.807) is 0 Å². The Morgan fingerprint density at radius 3 is 2.33 bits per heavy atom. The average molecular weight is 255 g/mol. The van der Waals surface area contributed by atoms with Crippen LogP contribution in [0.3, 0.4) is 0 Å². The molecule has 0 bridgehead atoms. The van der Waals surface area contributed by atoms with Crippen molar-refractivity contribution in [2.45, 2.75) is 52.0 Å². The van der Waals surface area contributed by atoms with Crippen molar-refractivity contribution < 1.29 is 4.79 Å². The first-order valence-corrected chi connectivity index (χ1v) is 7.31. The summed E-state index contributed by atoms with van der Waals surface area (Å²) in [4.78, 5) is 14.1. The van der Waals surface area contributed by atoms with Crippen molar-refractivity contribution in [2.24, 2.45) is 11.7 Å². The molecule has 1 amide bonds. The van der Waals surface area contributed by atoms with Gasteiger partial charge in [-0.2, -0.15) is 0 Å². The summed E-state index contributed by atoms with van der Waals surface area (Å²) < 4.78 is 0. The van der Waals surface area contributed by atoms with Crippen molar-refractivity contribution in [1.82, 2.24) is 10.2 Å². The van der Waals surface area contributed by atoms with Gasteiger partial charge in [-0.1, -0.05) is 26.7 Å². The minimum atomic E-state index is -0.524. The molecule has 1 fully saturated rings. The van der Waals surface area contributed by atoms with Crippen molar-refractivity contribution in [3.05, 3.63) is 0 Å². The average Bonchev–Trinajstić information content (AvgIpc) is 2.88. The first kappa shape index (κ1) is 15.4. The van der Waals surface area contributed by atoms with Crippen molar-refractivity contribution in [3.63, 3.8) is 0 Å². The molecule has 0 radical (unpaired) electrons. The number of hydrogen-bond acceptors (Lipinski definition) is 3. The molecule has 106 valence electrons. The molecule has 1 unspecified atom stereocenters. The maximum Gasteiger partial charge on any atom is 0.237 e. The number of rotatable bonds is 8. The van der Waals surface area contributed by atoms with Gasteiger partial charge in [-0.05, 0) is 38.8 Å². The highest BCUT2D eigenvalue weighted by Gasteiger charge is 2.40. The van der Waals surface area contributed by atoms with Gasteiger partial charge in [-0.25, -0.2) is 0 Å². The lowest BCUT2D eigenvalue weighted by atomic mass is 9.83. The summed E-state index contributed by atoms with van der Waals surface area (Å²) >= 11 is 0. The van der Waals surface area contributed by atoms with Gasteiger partial charge in [-0.15, -0.1) is 0 Å². The quantitative estimate of drug-likeness (QED) is 0.688. The van der Waals surface area contributed by atoms with Gasteiger partial charge in [0.05, 0.1) is 5.54 Å². The number of primary amides is 1. The number of hydrogen-bond donors (Lipinski definition) is 2. The highest BCUT2D eigenvalue weighted by atomic mass is 16.1. The number of carbonyl (C=O) groups is 1. The molecule has 3 N–H and O–H groups in total. The maximum absolute atomic E-state index is 11.8. The molecule has 0 aliphatic heterocycles. The third-order valence-corrected chi connectivity index (χ3v) is 4.50. The molecule has 1 aliphatic carbocycles. The zero-order valence-electron chi connectivity index (χ0n) is 12.2. The summed E-state index contributed by atoms with van der Waals surface area (Å²) in [5.41, 5.74) is 5.09. The Morgan fingerprint density at radius 2 is 1.89 bits per heavy atom. The van der Waals surface area contributed by atoms with Crippen LogP contribution in [0.2, 0.25) is 0 Å². The number of likely N-dealkylation sites (N-methyl/N-ethyl adjacent to an activating group) is 1. The molecule has 0 aromatic heterocycles. The smallest absolute Gasteiger partial charge is 0.237 e. The van der Waals surface area contributed by atoms with Crippen LogP contribution in [0.4, 0.5) is 0 Å². The van der Waals surface area contributed by atoms with Crippen LogP contribution in [0.15, 0.2) is 0 Å². The lowest BCUT2D eigenvalue weighted by molar-refractivity contribution is -0.125. The molecule has 0 saturated heterocycles. The molecule has 0 spiro atoms. The van der Waals surface area contributed by atoms with E-state index < -0.39 is 5.54 Å². The number of amides is 1. The molecule has 18 heavy (non-hydrogen) atoms. The Kier molecular flexibility index (Phi) is 6.09. The Balaban J connectivity index is 2.49. The molecule has 1 rings (SSSR count). The Hall–Kier alpha value is -0.610. The van der Waals surface area contributed by atoms with Crippen LogP contribution in [0.1, 0.15) is 46.5 Å². The standard InChI is InChI=1S/C14H29N3O/c1-4-17(5-2)11-10-16-14(3,13(15)18)12-8-6-7-9-12/h12,16H,4-11H2,1-3H3,(H2,15,18). The number of nitrogens with two attached hydrogens (primary N) is 1. The number of carbonyl (C=O) groups excluding carboxylic acids is 1. The van der Waals surface area contributed by atoms with E-state index in [-0.39, 0.29) is 5.91 Å². The van der Waals surface area contributed by atoms with Crippen molar-refractivity contribution >= 4 is 5.91 Å². The van der Waals surface area contributed by atoms with Gasteiger partial charge in [0.1, 0.15) is 0 Å². The minimum absolute atomic E-state index is 0.200. The molecule has 4 heteroatoms. The number of nitrogens with one attached hydrogen (secondary N) is 1. The van der Waals surface area contributed by atoms with Gasteiger partial charge in [0.25, 0.3) is 0 Å². The predicted molar refractivity (Wildman–Crippen MR) is 75.3 cm³/mol. The van der Waals surface area contributed by atoms with Crippen molar-refractivity contribution in [1.29, 1.82) is 0 Å². The largest absolute Gasteiger partial charge is 0.368 e. The zero-order chi connectivity index (χ0) is 13.6. The minimum Gasteiger partial charge on any atom is -0.368 e. The highest BCUT2D eigenvalue weighted by Crippen LogP contribution is 2.33. The number of nitrogens with zero attached hydrogens (tertiary/aromatic N) is 1. The highest BCUT2D eigenvalue weighted by molar-refractivity contribution is 5.84.